The van der Waals surface area contributed by atoms with E-state index in [0.717, 1.165) is 5.56 Å². The van der Waals surface area contributed by atoms with Crippen LogP contribution in [-0.4, -0.2) is 15.5 Å². The number of sulfonamides is 1. The number of hydrogen-bond donors (Lipinski definition) is 1. The molecule has 15 heavy (non-hydrogen) atoms. The highest BCUT2D eigenvalue weighted by Crippen LogP contribution is 2.31. The Bertz CT molecular complexity index is 452. The molecule has 1 aromatic rings. The van der Waals surface area contributed by atoms with E-state index in [1.165, 1.54) is 13.2 Å². The maximum atomic E-state index is 11.3. The average Bonchev–Trinajstić information content (AvgIpc) is 2.15. The van der Waals surface area contributed by atoms with E-state index in [2.05, 4.69) is 0 Å². The molecule has 0 aliphatic rings. The molecule has 0 atom stereocenters. The zero-order valence-corrected chi connectivity index (χ0v) is 9.84. The number of nitrogens with two attached hydrogens (primary N) is 1. The quantitative estimate of drug-likeness (QED) is 0.853. The summed E-state index contributed by atoms with van der Waals surface area (Å²) in [4.78, 5) is 0.0381. The van der Waals surface area contributed by atoms with Crippen molar-refractivity contribution in [1.82, 2.24) is 0 Å². The number of rotatable bonds is 3. The van der Waals surface area contributed by atoms with Crippen molar-refractivity contribution in [2.45, 2.75) is 24.7 Å². The summed E-state index contributed by atoms with van der Waals surface area (Å²) in [5.74, 6) is 0.525. The normalized spacial score (nSPS) is 11.8. The van der Waals surface area contributed by atoms with E-state index < -0.39 is 10.0 Å². The smallest absolute Gasteiger partial charge is 0.241 e. The summed E-state index contributed by atoms with van der Waals surface area (Å²) in [6, 6.07) is 4.94. The monoisotopic (exact) mass is 229 g/mol. The molecule has 0 amide bonds. The fraction of sp³-hybridized carbons (Fsp3) is 0.400. The predicted octanol–water partition coefficient (Wildman–Crippen LogP) is 1.47. The largest absolute Gasteiger partial charge is 0.495 e. The molecule has 0 unspecified atom stereocenters. The lowest BCUT2D eigenvalue weighted by molar-refractivity contribution is 0.395. The molecule has 5 heteroatoms. The number of para-hydroxylation sites is 1. The van der Waals surface area contributed by atoms with E-state index >= 15 is 0 Å². The standard InChI is InChI=1S/C10H15NO3S/c1-7(2)8-5-4-6-9(10(8)14-3)15(11,12)13/h4-7H,1-3H3,(H2,11,12,13). The van der Waals surface area contributed by atoms with Gasteiger partial charge in [-0.1, -0.05) is 26.0 Å². The zero-order chi connectivity index (χ0) is 11.6. The first kappa shape index (κ1) is 12.0. The number of ether oxygens (including phenoxy) is 1. The van der Waals surface area contributed by atoms with Crippen molar-refractivity contribution >= 4 is 10.0 Å². The van der Waals surface area contributed by atoms with Gasteiger partial charge in [0.15, 0.2) is 0 Å². The second-order valence-electron chi connectivity index (χ2n) is 3.58. The summed E-state index contributed by atoms with van der Waals surface area (Å²) in [7, 11) is -2.29. The van der Waals surface area contributed by atoms with E-state index in [-0.39, 0.29) is 10.8 Å². The number of benzene rings is 1. The van der Waals surface area contributed by atoms with Crippen LogP contribution in [0.25, 0.3) is 0 Å². The molecule has 0 saturated carbocycles. The lowest BCUT2D eigenvalue weighted by atomic mass is 10.0. The number of methoxy groups -OCH3 is 1. The summed E-state index contributed by atoms with van der Waals surface area (Å²) >= 11 is 0. The van der Waals surface area contributed by atoms with Gasteiger partial charge in [-0.15, -0.1) is 0 Å². The SMILES string of the molecule is COc1c(C(C)C)cccc1S(N)(=O)=O. The first-order valence-corrected chi connectivity index (χ1v) is 6.12. The van der Waals surface area contributed by atoms with Gasteiger partial charge in [0.05, 0.1) is 7.11 Å². The first-order chi connectivity index (χ1) is 6.88. The van der Waals surface area contributed by atoms with Gasteiger partial charge in [-0.3, -0.25) is 0 Å². The summed E-state index contributed by atoms with van der Waals surface area (Å²) in [6.45, 7) is 3.93. The molecule has 1 aromatic carbocycles. The highest BCUT2D eigenvalue weighted by molar-refractivity contribution is 7.89. The average molecular weight is 229 g/mol. The Balaban J connectivity index is 3.49. The van der Waals surface area contributed by atoms with E-state index in [4.69, 9.17) is 9.88 Å². The Kier molecular flexibility index (Phi) is 3.36. The molecule has 2 N–H and O–H groups in total. The van der Waals surface area contributed by atoms with Crippen molar-refractivity contribution in [3.63, 3.8) is 0 Å². The lowest BCUT2D eigenvalue weighted by Gasteiger charge is -2.14. The molecular weight excluding hydrogens is 214 g/mol. The highest BCUT2D eigenvalue weighted by atomic mass is 32.2. The fourth-order valence-corrected chi connectivity index (χ4v) is 2.16. The van der Waals surface area contributed by atoms with Crippen molar-refractivity contribution in [3.05, 3.63) is 23.8 Å². The van der Waals surface area contributed by atoms with Crippen LogP contribution in [0.1, 0.15) is 25.3 Å². The highest BCUT2D eigenvalue weighted by Gasteiger charge is 2.18. The van der Waals surface area contributed by atoms with Gasteiger partial charge >= 0.3 is 0 Å². The predicted molar refractivity (Wildman–Crippen MR) is 58.5 cm³/mol. The van der Waals surface area contributed by atoms with Crippen LogP contribution >= 0.6 is 0 Å². The minimum Gasteiger partial charge on any atom is -0.495 e. The fourth-order valence-electron chi connectivity index (χ4n) is 1.43. The van der Waals surface area contributed by atoms with Gasteiger partial charge in [0, 0.05) is 0 Å². The van der Waals surface area contributed by atoms with Crippen LogP contribution in [0.3, 0.4) is 0 Å². The van der Waals surface area contributed by atoms with Gasteiger partial charge in [0.2, 0.25) is 10.0 Å². The zero-order valence-electron chi connectivity index (χ0n) is 9.02. The molecule has 0 aliphatic carbocycles. The van der Waals surface area contributed by atoms with Crippen LogP contribution in [0.5, 0.6) is 5.75 Å². The van der Waals surface area contributed by atoms with Gasteiger partial charge < -0.3 is 4.74 Å². The van der Waals surface area contributed by atoms with Crippen molar-refractivity contribution in [2.24, 2.45) is 5.14 Å². The molecule has 0 bridgehead atoms. The van der Waals surface area contributed by atoms with Crippen LogP contribution in [0, 0.1) is 0 Å². The Morgan fingerprint density at radius 3 is 2.33 bits per heavy atom. The molecule has 1 rings (SSSR count). The second-order valence-corrected chi connectivity index (χ2v) is 5.11. The van der Waals surface area contributed by atoms with Gasteiger partial charge in [-0.05, 0) is 17.5 Å². The molecule has 84 valence electrons. The topological polar surface area (TPSA) is 69.4 Å². The van der Waals surface area contributed by atoms with E-state index in [1.807, 2.05) is 19.9 Å². The Morgan fingerprint density at radius 2 is 1.93 bits per heavy atom. The number of hydrogen-bond acceptors (Lipinski definition) is 3. The molecule has 0 radical (unpaired) electrons. The Labute approximate surface area is 90.1 Å². The third kappa shape index (κ3) is 2.49. The Morgan fingerprint density at radius 1 is 1.33 bits per heavy atom. The maximum absolute atomic E-state index is 11.3. The third-order valence-corrected chi connectivity index (χ3v) is 3.08. The van der Waals surface area contributed by atoms with Crippen molar-refractivity contribution in [3.8, 4) is 5.75 Å². The van der Waals surface area contributed by atoms with Crippen LogP contribution < -0.4 is 9.88 Å². The summed E-state index contributed by atoms with van der Waals surface area (Å²) < 4.78 is 27.7. The number of primary sulfonamides is 1. The van der Waals surface area contributed by atoms with Gasteiger partial charge in [0.1, 0.15) is 10.6 Å². The minimum atomic E-state index is -3.73. The van der Waals surface area contributed by atoms with Crippen molar-refractivity contribution < 1.29 is 13.2 Å². The Hall–Kier alpha value is -1.07. The van der Waals surface area contributed by atoms with Crippen LogP contribution in [0.2, 0.25) is 0 Å². The van der Waals surface area contributed by atoms with E-state index in [9.17, 15) is 8.42 Å². The molecule has 0 aliphatic heterocycles. The summed E-state index contributed by atoms with van der Waals surface area (Å²) in [5.41, 5.74) is 0.837. The van der Waals surface area contributed by atoms with Crippen LogP contribution in [0.4, 0.5) is 0 Å². The molecule has 0 fully saturated rings. The molecule has 0 saturated heterocycles. The van der Waals surface area contributed by atoms with Crippen molar-refractivity contribution in [1.29, 1.82) is 0 Å². The summed E-state index contributed by atoms with van der Waals surface area (Å²) in [6.07, 6.45) is 0. The summed E-state index contributed by atoms with van der Waals surface area (Å²) in [5, 5.41) is 5.09. The lowest BCUT2D eigenvalue weighted by Crippen LogP contribution is -2.14. The van der Waals surface area contributed by atoms with E-state index in [0.29, 0.717) is 5.75 Å². The van der Waals surface area contributed by atoms with Crippen LogP contribution in [0.15, 0.2) is 23.1 Å². The minimum absolute atomic E-state index is 0.0381. The van der Waals surface area contributed by atoms with Gasteiger partial charge in [-0.2, -0.15) is 0 Å². The molecule has 0 heterocycles. The van der Waals surface area contributed by atoms with Gasteiger partial charge in [0.25, 0.3) is 0 Å². The van der Waals surface area contributed by atoms with Crippen LogP contribution in [-0.2, 0) is 10.0 Å². The molecule has 0 aromatic heterocycles. The maximum Gasteiger partial charge on any atom is 0.241 e. The third-order valence-electron chi connectivity index (χ3n) is 2.14. The second kappa shape index (κ2) is 4.20. The van der Waals surface area contributed by atoms with Gasteiger partial charge in [-0.25, -0.2) is 13.6 Å². The molecular formula is C10H15NO3S. The molecule has 0 spiro atoms. The van der Waals surface area contributed by atoms with E-state index in [1.54, 1.807) is 6.07 Å². The first-order valence-electron chi connectivity index (χ1n) is 4.57. The van der Waals surface area contributed by atoms with Crippen molar-refractivity contribution in [2.75, 3.05) is 7.11 Å². The molecule has 4 nitrogen and oxygen atoms in total.